The minimum absolute atomic E-state index is 0.0511. The van der Waals surface area contributed by atoms with Gasteiger partial charge < -0.3 is 5.11 Å². The molecule has 0 bridgehead atoms. The molecule has 1 aromatic rings. The van der Waals surface area contributed by atoms with Crippen molar-refractivity contribution < 1.29 is 19.5 Å². The molecule has 0 aliphatic rings. The first-order valence-electron chi connectivity index (χ1n) is 4.75. The highest BCUT2D eigenvalue weighted by atomic mass is 16.3. The summed E-state index contributed by atoms with van der Waals surface area (Å²) in [5, 5.41) is 9.77. The van der Waals surface area contributed by atoms with Gasteiger partial charge in [0.1, 0.15) is 5.75 Å². The van der Waals surface area contributed by atoms with Crippen molar-refractivity contribution in [3.8, 4) is 5.75 Å². The number of phenols is 1. The molecule has 0 aromatic heterocycles. The van der Waals surface area contributed by atoms with Gasteiger partial charge >= 0.3 is 0 Å². The Morgan fingerprint density at radius 1 is 0.875 bits per heavy atom. The summed E-state index contributed by atoms with van der Waals surface area (Å²) in [5.74, 6) is -1.52. The van der Waals surface area contributed by atoms with Gasteiger partial charge in [0, 0.05) is 5.56 Å². The third-order valence-electron chi connectivity index (χ3n) is 2.29. The van der Waals surface area contributed by atoms with Crippen LogP contribution in [0.3, 0.4) is 0 Å². The average molecular weight is 220 g/mol. The van der Waals surface area contributed by atoms with Crippen molar-refractivity contribution in [1.29, 1.82) is 0 Å². The van der Waals surface area contributed by atoms with Gasteiger partial charge in [-0.2, -0.15) is 0 Å². The van der Waals surface area contributed by atoms with Crippen LogP contribution in [0.25, 0.3) is 0 Å². The monoisotopic (exact) mass is 220 g/mol. The number of phenolic OH excluding ortho intramolecular Hbond substituents is 1. The predicted octanol–water partition coefficient (Wildman–Crippen LogP) is 2.00. The Balaban J connectivity index is 3.60. The van der Waals surface area contributed by atoms with Crippen LogP contribution in [-0.4, -0.2) is 22.5 Å². The highest BCUT2D eigenvalue weighted by Gasteiger charge is 2.20. The van der Waals surface area contributed by atoms with E-state index in [1.54, 1.807) is 0 Å². The second kappa shape index (κ2) is 4.26. The maximum absolute atomic E-state index is 11.3. The van der Waals surface area contributed by atoms with Gasteiger partial charge in [0.25, 0.3) is 0 Å². The summed E-state index contributed by atoms with van der Waals surface area (Å²) in [6, 6.07) is 2.73. The fraction of sp³-hybridized carbons (Fsp3) is 0.250. The molecule has 1 aromatic carbocycles. The highest BCUT2D eigenvalue weighted by Crippen LogP contribution is 2.27. The first-order chi connectivity index (χ1) is 7.36. The maximum Gasteiger partial charge on any atom is 0.164 e. The molecule has 0 saturated carbocycles. The number of Topliss-reactive ketones (excluding diaryl/α,β-unsaturated/α-hetero) is 3. The van der Waals surface area contributed by atoms with Gasteiger partial charge in [-0.05, 0) is 32.9 Å². The molecule has 1 rings (SSSR count). The lowest BCUT2D eigenvalue weighted by Crippen LogP contribution is -2.07. The largest absolute Gasteiger partial charge is 0.506 e. The van der Waals surface area contributed by atoms with Crippen LogP contribution in [0.2, 0.25) is 0 Å². The van der Waals surface area contributed by atoms with Gasteiger partial charge in [-0.1, -0.05) is 0 Å². The summed E-state index contributed by atoms with van der Waals surface area (Å²) < 4.78 is 0. The SMILES string of the molecule is CC(=O)c1ccc(C(C)=O)c(C(C)=O)c1O. The smallest absolute Gasteiger partial charge is 0.164 e. The van der Waals surface area contributed by atoms with Gasteiger partial charge in [0.2, 0.25) is 0 Å². The van der Waals surface area contributed by atoms with Crippen molar-refractivity contribution in [3.63, 3.8) is 0 Å². The first-order valence-corrected chi connectivity index (χ1v) is 4.75. The van der Waals surface area contributed by atoms with E-state index >= 15 is 0 Å². The van der Waals surface area contributed by atoms with Crippen molar-refractivity contribution in [3.05, 3.63) is 28.8 Å². The van der Waals surface area contributed by atoms with Crippen LogP contribution in [0.5, 0.6) is 5.75 Å². The minimum atomic E-state index is -0.439. The third kappa shape index (κ3) is 2.00. The lowest BCUT2D eigenvalue weighted by Gasteiger charge is -2.09. The Morgan fingerprint density at radius 3 is 1.69 bits per heavy atom. The molecule has 0 radical (unpaired) electrons. The zero-order valence-corrected chi connectivity index (χ0v) is 9.33. The normalized spacial score (nSPS) is 9.94. The summed E-state index contributed by atoms with van der Waals surface area (Å²) in [5.41, 5.74) is 0.102. The summed E-state index contributed by atoms with van der Waals surface area (Å²) in [7, 11) is 0. The molecule has 1 N–H and O–H groups in total. The van der Waals surface area contributed by atoms with E-state index in [1.165, 1.54) is 32.9 Å². The number of benzene rings is 1. The van der Waals surface area contributed by atoms with Gasteiger partial charge in [0.05, 0.1) is 11.1 Å². The Bertz CT molecular complexity index is 486. The number of aromatic hydroxyl groups is 1. The number of hydrogen-bond donors (Lipinski definition) is 1. The highest BCUT2D eigenvalue weighted by molar-refractivity contribution is 6.11. The van der Waals surface area contributed by atoms with Gasteiger partial charge in [-0.25, -0.2) is 0 Å². The van der Waals surface area contributed by atoms with Gasteiger partial charge in [-0.3, -0.25) is 14.4 Å². The van der Waals surface area contributed by atoms with E-state index < -0.39 is 11.5 Å². The molecule has 0 atom stereocenters. The lowest BCUT2D eigenvalue weighted by molar-refractivity contribution is 0.0975. The van der Waals surface area contributed by atoms with Crippen molar-refractivity contribution in [2.45, 2.75) is 20.8 Å². The Hall–Kier alpha value is -1.97. The molecule has 4 heteroatoms. The molecular weight excluding hydrogens is 208 g/mol. The van der Waals surface area contributed by atoms with Crippen LogP contribution in [0.1, 0.15) is 51.8 Å². The maximum atomic E-state index is 11.3. The van der Waals surface area contributed by atoms with E-state index in [9.17, 15) is 19.5 Å². The number of ketones is 3. The van der Waals surface area contributed by atoms with Crippen LogP contribution in [0.15, 0.2) is 12.1 Å². The molecule has 0 fully saturated rings. The van der Waals surface area contributed by atoms with E-state index in [4.69, 9.17) is 0 Å². The molecule has 16 heavy (non-hydrogen) atoms. The van der Waals surface area contributed by atoms with Gasteiger partial charge in [-0.15, -0.1) is 0 Å². The fourth-order valence-electron chi connectivity index (χ4n) is 1.53. The molecule has 0 heterocycles. The number of carbonyl (C=O) groups excluding carboxylic acids is 3. The second-order valence-electron chi connectivity index (χ2n) is 3.55. The van der Waals surface area contributed by atoms with Crippen LogP contribution in [0, 0.1) is 0 Å². The quantitative estimate of drug-likeness (QED) is 0.791. The Kier molecular flexibility index (Phi) is 3.22. The zero-order valence-electron chi connectivity index (χ0n) is 9.33. The second-order valence-corrected chi connectivity index (χ2v) is 3.55. The summed E-state index contributed by atoms with van der Waals surface area (Å²) in [6.07, 6.45) is 0. The van der Waals surface area contributed by atoms with Crippen molar-refractivity contribution in [2.24, 2.45) is 0 Å². The topological polar surface area (TPSA) is 71.4 Å². The fourth-order valence-corrected chi connectivity index (χ4v) is 1.53. The van der Waals surface area contributed by atoms with Crippen molar-refractivity contribution >= 4 is 17.3 Å². The number of hydrogen-bond acceptors (Lipinski definition) is 4. The molecule has 4 nitrogen and oxygen atoms in total. The molecule has 84 valence electrons. The van der Waals surface area contributed by atoms with Crippen molar-refractivity contribution in [1.82, 2.24) is 0 Å². The van der Waals surface area contributed by atoms with Crippen LogP contribution in [-0.2, 0) is 0 Å². The van der Waals surface area contributed by atoms with E-state index in [0.29, 0.717) is 0 Å². The first kappa shape index (κ1) is 12.1. The summed E-state index contributed by atoms with van der Waals surface area (Å²) in [6.45, 7) is 3.83. The Morgan fingerprint density at radius 2 is 1.31 bits per heavy atom. The number of rotatable bonds is 3. The molecule has 0 aliphatic heterocycles. The standard InChI is InChI=1S/C12H12O4/c1-6(13)9-4-5-10(7(2)14)12(16)11(9)8(3)15/h4-5,16H,1-3H3. The van der Waals surface area contributed by atoms with Crippen LogP contribution < -0.4 is 0 Å². The third-order valence-corrected chi connectivity index (χ3v) is 2.29. The van der Waals surface area contributed by atoms with E-state index in [2.05, 4.69) is 0 Å². The molecule has 0 saturated heterocycles. The van der Waals surface area contributed by atoms with E-state index in [0.717, 1.165) is 0 Å². The summed E-state index contributed by atoms with van der Waals surface area (Å²) in [4.78, 5) is 33.8. The average Bonchev–Trinajstić information content (AvgIpc) is 2.15. The van der Waals surface area contributed by atoms with E-state index in [1.807, 2.05) is 0 Å². The molecule has 0 unspecified atom stereocenters. The van der Waals surface area contributed by atoms with Crippen LogP contribution >= 0.6 is 0 Å². The predicted molar refractivity (Wildman–Crippen MR) is 58.1 cm³/mol. The van der Waals surface area contributed by atoms with Crippen molar-refractivity contribution in [2.75, 3.05) is 0 Å². The Labute approximate surface area is 92.9 Å². The number of carbonyl (C=O) groups is 3. The molecule has 0 aliphatic carbocycles. The van der Waals surface area contributed by atoms with E-state index in [-0.39, 0.29) is 28.3 Å². The summed E-state index contributed by atoms with van der Waals surface area (Å²) >= 11 is 0. The lowest BCUT2D eigenvalue weighted by atomic mass is 9.96. The van der Waals surface area contributed by atoms with Gasteiger partial charge in [0.15, 0.2) is 17.3 Å². The minimum Gasteiger partial charge on any atom is -0.506 e. The molecule has 0 amide bonds. The zero-order chi connectivity index (χ0) is 12.5. The van der Waals surface area contributed by atoms with Crippen LogP contribution in [0.4, 0.5) is 0 Å². The molecule has 0 spiro atoms. The molecular formula is C12H12O4.